The largest absolute Gasteiger partial charge is 0.330 e. The minimum absolute atomic E-state index is 0.0184. The number of benzene rings is 3. The Labute approximate surface area is 214 Å². The number of hydrogen-bond acceptors (Lipinski definition) is 3. The zero-order valence-electron chi connectivity index (χ0n) is 21.3. The maximum absolute atomic E-state index is 13.9. The number of amides is 1. The van der Waals surface area contributed by atoms with Gasteiger partial charge in [0.05, 0.1) is 11.7 Å². The molecule has 2 N–H and O–H groups in total. The molecular formula is C31H36N4O. The van der Waals surface area contributed by atoms with Crippen molar-refractivity contribution in [3.63, 3.8) is 0 Å². The number of nitrogens with zero attached hydrogens (tertiary/aromatic N) is 3. The summed E-state index contributed by atoms with van der Waals surface area (Å²) >= 11 is 0. The van der Waals surface area contributed by atoms with E-state index in [1.165, 1.54) is 5.56 Å². The van der Waals surface area contributed by atoms with Gasteiger partial charge in [-0.2, -0.15) is 0 Å². The van der Waals surface area contributed by atoms with Gasteiger partial charge in [-0.25, -0.2) is 4.98 Å². The van der Waals surface area contributed by atoms with Crippen LogP contribution in [-0.4, -0.2) is 33.4 Å². The van der Waals surface area contributed by atoms with E-state index < -0.39 is 0 Å². The molecule has 0 fully saturated rings. The van der Waals surface area contributed by atoms with Crippen molar-refractivity contribution in [2.75, 3.05) is 13.1 Å². The maximum Gasteiger partial charge on any atom is 0.254 e. The first kappa shape index (κ1) is 25.4. The molecule has 2 atom stereocenters. The molecule has 0 aliphatic rings. The summed E-state index contributed by atoms with van der Waals surface area (Å²) in [5, 5.41) is 0. The predicted molar refractivity (Wildman–Crippen MR) is 147 cm³/mol. The van der Waals surface area contributed by atoms with Crippen LogP contribution in [0.1, 0.15) is 54.5 Å². The smallest absolute Gasteiger partial charge is 0.254 e. The number of carbonyl (C=O) groups excluding carboxylic acids is 1. The maximum atomic E-state index is 13.9. The van der Waals surface area contributed by atoms with Crippen molar-refractivity contribution in [3.8, 4) is 11.3 Å². The molecule has 0 bridgehead atoms. The van der Waals surface area contributed by atoms with Crippen LogP contribution in [0.15, 0.2) is 97.2 Å². The topological polar surface area (TPSA) is 64.2 Å². The van der Waals surface area contributed by atoms with Crippen molar-refractivity contribution in [3.05, 3.63) is 114 Å². The van der Waals surface area contributed by atoms with Crippen molar-refractivity contribution in [2.45, 2.75) is 39.3 Å². The minimum atomic E-state index is -0.185. The van der Waals surface area contributed by atoms with Gasteiger partial charge in [0.2, 0.25) is 0 Å². The second kappa shape index (κ2) is 12.3. The van der Waals surface area contributed by atoms with Gasteiger partial charge in [-0.1, -0.05) is 99.1 Å². The number of carbonyl (C=O) groups is 1. The summed E-state index contributed by atoms with van der Waals surface area (Å²) in [6.45, 7) is 6.18. The molecule has 4 rings (SSSR count). The molecule has 0 radical (unpaired) electrons. The molecule has 0 spiro atoms. The molecule has 0 saturated heterocycles. The lowest BCUT2D eigenvalue weighted by atomic mass is 9.95. The average Bonchev–Trinajstić information content (AvgIpc) is 3.34. The molecule has 5 nitrogen and oxygen atoms in total. The van der Waals surface area contributed by atoms with E-state index in [0.29, 0.717) is 25.2 Å². The van der Waals surface area contributed by atoms with E-state index in [0.717, 1.165) is 29.9 Å². The zero-order valence-corrected chi connectivity index (χ0v) is 21.3. The first-order valence-electron chi connectivity index (χ1n) is 12.8. The lowest BCUT2D eigenvalue weighted by Gasteiger charge is -2.35. The van der Waals surface area contributed by atoms with Crippen molar-refractivity contribution >= 4 is 5.91 Å². The van der Waals surface area contributed by atoms with Crippen LogP contribution in [0.4, 0.5) is 0 Å². The van der Waals surface area contributed by atoms with Gasteiger partial charge in [-0.05, 0) is 36.6 Å². The van der Waals surface area contributed by atoms with E-state index in [1.54, 1.807) is 0 Å². The van der Waals surface area contributed by atoms with Crippen LogP contribution in [0.25, 0.3) is 11.3 Å². The van der Waals surface area contributed by atoms with Gasteiger partial charge in [0, 0.05) is 30.4 Å². The fourth-order valence-electron chi connectivity index (χ4n) is 4.62. The summed E-state index contributed by atoms with van der Waals surface area (Å²) in [5.74, 6) is 1.13. The lowest BCUT2D eigenvalue weighted by molar-refractivity contribution is 0.0590. The number of nitrogens with two attached hydrogens (primary N) is 1. The fraction of sp³-hybridized carbons (Fsp3) is 0.290. The van der Waals surface area contributed by atoms with Crippen LogP contribution in [0.5, 0.6) is 0 Å². The second-order valence-corrected chi connectivity index (χ2v) is 9.30. The predicted octanol–water partition coefficient (Wildman–Crippen LogP) is 6.18. The Hall–Kier alpha value is -3.70. The summed E-state index contributed by atoms with van der Waals surface area (Å²) in [6.07, 6.45) is 3.78. The van der Waals surface area contributed by atoms with Gasteiger partial charge < -0.3 is 15.2 Å². The van der Waals surface area contributed by atoms with E-state index in [9.17, 15) is 4.79 Å². The van der Waals surface area contributed by atoms with Crippen LogP contribution < -0.4 is 5.73 Å². The highest BCUT2D eigenvalue weighted by molar-refractivity contribution is 5.94. The molecule has 4 aromatic rings. The quantitative estimate of drug-likeness (QED) is 0.279. The number of hydrogen-bond donors (Lipinski definition) is 1. The van der Waals surface area contributed by atoms with Gasteiger partial charge >= 0.3 is 0 Å². The molecule has 5 heteroatoms. The Morgan fingerprint density at radius 3 is 2.17 bits per heavy atom. The Morgan fingerprint density at radius 2 is 1.56 bits per heavy atom. The fourth-order valence-corrected chi connectivity index (χ4v) is 4.62. The van der Waals surface area contributed by atoms with Crippen molar-refractivity contribution < 1.29 is 4.79 Å². The van der Waals surface area contributed by atoms with Gasteiger partial charge in [0.15, 0.2) is 0 Å². The molecule has 186 valence electrons. The normalized spacial score (nSPS) is 12.8. The minimum Gasteiger partial charge on any atom is -0.330 e. The molecule has 1 amide bonds. The van der Waals surface area contributed by atoms with Gasteiger partial charge in [-0.15, -0.1) is 0 Å². The highest BCUT2D eigenvalue weighted by Gasteiger charge is 2.33. The van der Waals surface area contributed by atoms with Crippen LogP contribution in [-0.2, 0) is 6.54 Å². The van der Waals surface area contributed by atoms with Gasteiger partial charge in [0.25, 0.3) is 5.91 Å². The average molecular weight is 481 g/mol. The molecule has 0 aliphatic heterocycles. The van der Waals surface area contributed by atoms with Crippen molar-refractivity contribution in [1.82, 2.24) is 14.5 Å². The van der Waals surface area contributed by atoms with Crippen LogP contribution >= 0.6 is 0 Å². The number of imidazole rings is 1. The van der Waals surface area contributed by atoms with E-state index in [1.807, 2.05) is 59.5 Å². The molecule has 1 aromatic heterocycles. The van der Waals surface area contributed by atoms with Crippen molar-refractivity contribution in [1.29, 1.82) is 0 Å². The molecule has 0 saturated carbocycles. The van der Waals surface area contributed by atoms with Crippen LogP contribution in [0, 0.1) is 5.92 Å². The van der Waals surface area contributed by atoms with Crippen molar-refractivity contribution in [2.24, 2.45) is 11.7 Å². The Morgan fingerprint density at radius 1 is 0.944 bits per heavy atom. The summed E-state index contributed by atoms with van der Waals surface area (Å²) in [6, 6.07) is 30.0. The summed E-state index contributed by atoms with van der Waals surface area (Å²) in [7, 11) is 0. The molecule has 36 heavy (non-hydrogen) atoms. The molecular weight excluding hydrogens is 444 g/mol. The van der Waals surface area contributed by atoms with E-state index in [-0.39, 0.29) is 17.9 Å². The molecule has 0 aliphatic carbocycles. The highest BCUT2D eigenvalue weighted by Crippen LogP contribution is 2.34. The Bertz CT molecular complexity index is 1220. The summed E-state index contributed by atoms with van der Waals surface area (Å²) in [5.41, 5.74) is 9.78. The Kier molecular flexibility index (Phi) is 8.69. The first-order chi connectivity index (χ1) is 17.6. The first-order valence-corrected chi connectivity index (χ1v) is 12.8. The van der Waals surface area contributed by atoms with Gasteiger partial charge in [-0.3, -0.25) is 4.79 Å². The summed E-state index contributed by atoms with van der Waals surface area (Å²) in [4.78, 5) is 21.1. The molecule has 3 aromatic carbocycles. The highest BCUT2D eigenvalue weighted by atomic mass is 16.2. The van der Waals surface area contributed by atoms with Crippen LogP contribution in [0.3, 0.4) is 0 Å². The monoisotopic (exact) mass is 480 g/mol. The Balaban J connectivity index is 1.84. The van der Waals surface area contributed by atoms with Gasteiger partial charge in [0.1, 0.15) is 5.82 Å². The standard InChI is InChI=1S/C31H36N4O/c1-3-24(2)29(35(21-13-20-32)31(36)27-18-11-6-12-19-27)30-33-28(26-16-9-5-10-17-26)23-34(30)22-25-14-7-4-8-15-25/h4-12,14-19,23-24,29H,3,13,20-22,32H2,1-2H3/t24-,29+/m0/s1. The third-order valence-corrected chi connectivity index (χ3v) is 6.74. The zero-order chi connectivity index (χ0) is 25.3. The molecule has 0 unspecified atom stereocenters. The van der Waals surface area contributed by atoms with Crippen LogP contribution in [0.2, 0.25) is 0 Å². The van der Waals surface area contributed by atoms with E-state index in [4.69, 9.17) is 10.7 Å². The number of rotatable bonds is 11. The van der Waals surface area contributed by atoms with E-state index in [2.05, 4.69) is 61.0 Å². The van der Waals surface area contributed by atoms with E-state index >= 15 is 0 Å². The summed E-state index contributed by atoms with van der Waals surface area (Å²) < 4.78 is 2.22. The molecule has 1 heterocycles. The SMILES string of the molecule is CC[C@H](C)[C@H](c1nc(-c2ccccc2)cn1Cc1ccccc1)N(CCCN)C(=O)c1ccccc1. The third kappa shape index (κ3) is 5.92. The third-order valence-electron chi connectivity index (χ3n) is 6.74. The number of aromatic nitrogens is 2. The second-order valence-electron chi connectivity index (χ2n) is 9.30. The lowest BCUT2D eigenvalue weighted by Crippen LogP contribution is -2.40.